The Hall–Kier alpha value is -1.82. The van der Waals surface area contributed by atoms with Gasteiger partial charge in [-0.1, -0.05) is 0 Å². The second kappa shape index (κ2) is 4.14. The Bertz CT molecular complexity index is 453. The minimum atomic E-state index is -1.04. The summed E-state index contributed by atoms with van der Waals surface area (Å²) in [4.78, 5) is 19.0. The Labute approximate surface area is 89.2 Å². The highest BCUT2D eigenvalue weighted by atomic mass is 32.2. The van der Waals surface area contributed by atoms with Crippen LogP contribution in [0.3, 0.4) is 0 Å². The fourth-order valence-electron chi connectivity index (χ4n) is 0.929. The van der Waals surface area contributed by atoms with Gasteiger partial charge in [0.15, 0.2) is 0 Å². The highest BCUT2D eigenvalue weighted by Gasteiger charge is 2.05. The number of rotatable bonds is 3. The van der Waals surface area contributed by atoms with Crippen LogP contribution < -0.4 is 0 Å². The van der Waals surface area contributed by atoms with Gasteiger partial charge in [0.05, 0.1) is 6.20 Å². The van der Waals surface area contributed by atoms with E-state index in [2.05, 4.69) is 9.97 Å². The number of aromatic nitrogens is 2. The van der Waals surface area contributed by atoms with E-state index in [9.17, 15) is 4.79 Å². The van der Waals surface area contributed by atoms with Crippen LogP contribution in [-0.2, 0) is 0 Å². The Morgan fingerprint density at radius 2 is 2.27 bits per heavy atom. The molecule has 0 saturated heterocycles. The average Bonchev–Trinajstić information content (AvgIpc) is 2.71. The van der Waals surface area contributed by atoms with Crippen LogP contribution in [0, 0.1) is 0 Å². The second-order valence-electron chi connectivity index (χ2n) is 2.58. The first-order valence-corrected chi connectivity index (χ1v) is 4.84. The van der Waals surface area contributed by atoms with Gasteiger partial charge >= 0.3 is 5.97 Å². The predicted molar refractivity (Wildman–Crippen MR) is 51.8 cm³/mol. The molecule has 0 bridgehead atoms. The summed E-state index contributed by atoms with van der Waals surface area (Å²) in [6, 6.07) is 3.10. The molecule has 2 aromatic rings. The molecule has 0 amide bonds. The number of oxazole rings is 1. The molecule has 1 N–H and O–H groups in total. The molecule has 2 heterocycles. The molecule has 0 unspecified atom stereocenters. The molecule has 0 saturated carbocycles. The van der Waals surface area contributed by atoms with Gasteiger partial charge in [-0.2, -0.15) is 0 Å². The van der Waals surface area contributed by atoms with Gasteiger partial charge in [-0.15, -0.1) is 0 Å². The SMILES string of the molecule is O=C(O)c1ccc(Sc2ncco2)cn1. The number of carboxylic acid groups (broad SMARTS) is 1. The summed E-state index contributed by atoms with van der Waals surface area (Å²) in [5.41, 5.74) is 0.0201. The molecule has 6 heteroatoms. The quantitative estimate of drug-likeness (QED) is 0.854. The fourth-order valence-corrected chi connectivity index (χ4v) is 1.59. The normalized spacial score (nSPS) is 10.1. The van der Waals surface area contributed by atoms with Crippen molar-refractivity contribution < 1.29 is 14.3 Å². The maximum absolute atomic E-state index is 10.5. The molecule has 2 rings (SSSR count). The highest BCUT2D eigenvalue weighted by molar-refractivity contribution is 7.99. The molecule has 0 aromatic carbocycles. The first kappa shape index (κ1) is 9.72. The summed E-state index contributed by atoms with van der Waals surface area (Å²) in [7, 11) is 0. The minimum Gasteiger partial charge on any atom is -0.477 e. The van der Waals surface area contributed by atoms with E-state index >= 15 is 0 Å². The predicted octanol–water partition coefficient (Wildman–Crippen LogP) is 1.92. The van der Waals surface area contributed by atoms with Gasteiger partial charge in [0, 0.05) is 11.1 Å². The van der Waals surface area contributed by atoms with E-state index in [1.165, 1.54) is 30.3 Å². The van der Waals surface area contributed by atoms with Crippen molar-refractivity contribution in [2.45, 2.75) is 10.1 Å². The van der Waals surface area contributed by atoms with Gasteiger partial charge in [0.2, 0.25) is 0 Å². The molecule has 76 valence electrons. The Morgan fingerprint density at radius 1 is 1.40 bits per heavy atom. The summed E-state index contributed by atoms with van der Waals surface area (Å²) in [5, 5.41) is 9.13. The van der Waals surface area contributed by atoms with Crippen LogP contribution in [0.1, 0.15) is 10.5 Å². The van der Waals surface area contributed by atoms with Crippen molar-refractivity contribution in [2.24, 2.45) is 0 Å². The minimum absolute atomic E-state index is 0.0201. The third kappa shape index (κ3) is 2.35. The lowest BCUT2D eigenvalue weighted by Crippen LogP contribution is -1.98. The maximum Gasteiger partial charge on any atom is 0.354 e. The van der Waals surface area contributed by atoms with Crippen molar-refractivity contribution in [1.29, 1.82) is 0 Å². The van der Waals surface area contributed by atoms with Crippen molar-refractivity contribution in [1.82, 2.24) is 9.97 Å². The maximum atomic E-state index is 10.5. The van der Waals surface area contributed by atoms with Crippen LogP contribution in [0.25, 0.3) is 0 Å². The first-order chi connectivity index (χ1) is 7.25. The number of hydrogen-bond acceptors (Lipinski definition) is 5. The summed E-state index contributed by atoms with van der Waals surface area (Å²) in [5.74, 6) is -1.04. The number of nitrogens with zero attached hydrogens (tertiary/aromatic N) is 2. The molecule has 0 aliphatic carbocycles. The largest absolute Gasteiger partial charge is 0.477 e. The van der Waals surface area contributed by atoms with Crippen LogP contribution in [-0.4, -0.2) is 21.0 Å². The van der Waals surface area contributed by atoms with E-state index in [1.54, 1.807) is 12.3 Å². The fraction of sp³-hybridized carbons (Fsp3) is 0. The number of carboxylic acids is 1. The zero-order chi connectivity index (χ0) is 10.7. The van der Waals surface area contributed by atoms with E-state index in [4.69, 9.17) is 9.52 Å². The lowest BCUT2D eigenvalue weighted by molar-refractivity contribution is 0.0690. The van der Waals surface area contributed by atoms with Crippen LogP contribution in [0.5, 0.6) is 0 Å². The highest BCUT2D eigenvalue weighted by Crippen LogP contribution is 2.24. The summed E-state index contributed by atoms with van der Waals surface area (Å²) < 4.78 is 5.02. The van der Waals surface area contributed by atoms with Crippen molar-refractivity contribution in [3.8, 4) is 0 Å². The van der Waals surface area contributed by atoms with Gasteiger partial charge in [-0.25, -0.2) is 14.8 Å². The number of aromatic carboxylic acids is 1. The molecular formula is C9H6N2O3S. The third-order valence-corrected chi connectivity index (χ3v) is 2.42. The molecule has 0 aliphatic rings. The summed E-state index contributed by atoms with van der Waals surface area (Å²) >= 11 is 1.28. The molecule has 5 nitrogen and oxygen atoms in total. The molecule has 0 radical (unpaired) electrons. The van der Waals surface area contributed by atoms with Gasteiger partial charge in [0.25, 0.3) is 5.22 Å². The third-order valence-electron chi connectivity index (χ3n) is 1.57. The van der Waals surface area contributed by atoms with Crippen LogP contribution >= 0.6 is 11.8 Å². The molecule has 15 heavy (non-hydrogen) atoms. The zero-order valence-corrected chi connectivity index (χ0v) is 8.27. The van der Waals surface area contributed by atoms with Gasteiger partial charge in [-0.05, 0) is 23.9 Å². The Kier molecular flexibility index (Phi) is 2.68. The Balaban J connectivity index is 2.14. The first-order valence-electron chi connectivity index (χ1n) is 4.02. The molecule has 0 fully saturated rings. The molecule has 0 spiro atoms. The van der Waals surface area contributed by atoms with E-state index in [-0.39, 0.29) is 5.69 Å². The van der Waals surface area contributed by atoms with Crippen LogP contribution in [0.2, 0.25) is 0 Å². The topological polar surface area (TPSA) is 76.2 Å². The van der Waals surface area contributed by atoms with Crippen molar-refractivity contribution in [3.05, 3.63) is 36.5 Å². The number of pyridine rings is 1. The van der Waals surface area contributed by atoms with Crippen molar-refractivity contribution in [3.63, 3.8) is 0 Å². The van der Waals surface area contributed by atoms with E-state index in [0.717, 1.165) is 4.90 Å². The van der Waals surface area contributed by atoms with Crippen molar-refractivity contribution >= 4 is 17.7 Å². The Morgan fingerprint density at radius 3 is 2.80 bits per heavy atom. The molecule has 0 aliphatic heterocycles. The molecule has 2 aromatic heterocycles. The molecular weight excluding hydrogens is 216 g/mol. The van der Waals surface area contributed by atoms with Gasteiger partial charge in [0.1, 0.15) is 12.0 Å². The standard InChI is InChI=1S/C9H6N2O3S/c12-8(13)7-2-1-6(5-11-7)15-9-10-3-4-14-9/h1-5H,(H,12,13). The lowest BCUT2D eigenvalue weighted by atomic mass is 10.4. The summed E-state index contributed by atoms with van der Waals surface area (Å²) in [6.07, 6.45) is 4.49. The van der Waals surface area contributed by atoms with Gasteiger partial charge < -0.3 is 9.52 Å². The zero-order valence-electron chi connectivity index (χ0n) is 7.45. The smallest absolute Gasteiger partial charge is 0.354 e. The van der Waals surface area contributed by atoms with Crippen molar-refractivity contribution in [2.75, 3.05) is 0 Å². The number of carbonyl (C=O) groups is 1. The van der Waals surface area contributed by atoms with E-state index in [1.807, 2.05) is 0 Å². The average molecular weight is 222 g/mol. The van der Waals surface area contributed by atoms with E-state index < -0.39 is 5.97 Å². The number of hydrogen-bond donors (Lipinski definition) is 1. The van der Waals surface area contributed by atoms with Crippen LogP contribution in [0.4, 0.5) is 0 Å². The summed E-state index contributed by atoms with van der Waals surface area (Å²) in [6.45, 7) is 0. The second-order valence-corrected chi connectivity index (χ2v) is 3.61. The monoisotopic (exact) mass is 222 g/mol. The van der Waals surface area contributed by atoms with E-state index in [0.29, 0.717) is 5.22 Å². The van der Waals surface area contributed by atoms with Crippen LogP contribution in [0.15, 0.2) is 45.3 Å². The lowest BCUT2D eigenvalue weighted by Gasteiger charge is -1.96. The van der Waals surface area contributed by atoms with Gasteiger partial charge in [-0.3, -0.25) is 0 Å². The molecule has 0 atom stereocenters.